The van der Waals surface area contributed by atoms with E-state index in [2.05, 4.69) is 10.4 Å². The van der Waals surface area contributed by atoms with Gasteiger partial charge in [-0.05, 0) is 30.5 Å². The number of hydrogen-bond donors (Lipinski definition) is 2. The molecule has 1 aromatic heterocycles. The van der Waals surface area contributed by atoms with Crippen LogP contribution >= 0.6 is 11.6 Å². The number of fused-ring (bicyclic) bond motifs is 1. The molecule has 6 heteroatoms. The molecule has 0 bridgehead atoms. The van der Waals surface area contributed by atoms with Crippen LogP contribution in [0.3, 0.4) is 0 Å². The molecule has 2 N–H and O–H groups in total. The summed E-state index contributed by atoms with van der Waals surface area (Å²) in [7, 11) is 0. The maximum absolute atomic E-state index is 12.6. The lowest BCUT2D eigenvalue weighted by Gasteiger charge is -2.25. The van der Waals surface area contributed by atoms with Gasteiger partial charge >= 0.3 is 0 Å². The van der Waals surface area contributed by atoms with Crippen LogP contribution in [0.1, 0.15) is 55.2 Å². The Morgan fingerprint density at radius 3 is 2.70 bits per heavy atom. The third kappa shape index (κ3) is 2.49. The van der Waals surface area contributed by atoms with Crippen molar-refractivity contribution in [1.82, 2.24) is 9.78 Å². The van der Waals surface area contributed by atoms with Crippen molar-refractivity contribution >= 4 is 23.3 Å². The van der Waals surface area contributed by atoms with Crippen LogP contribution < -0.4 is 10.9 Å². The van der Waals surface area contributed by atoms with Crippen molar-refractivity contribution in [3.63, 3.8) is 0 Å². The van der Waals surface area contributed by atoms with Crippen LogP contribution in [-0.2, 0) is 4.79 Å². The molecule has 1 fully saturated rings. The maximum atomic E-state index is 12.6. The second kappa shape index (κ2) is 5.57. The molecule has 0 saturated heterocycles. The van der Waals surface area contributed by atoms with E-state index in [4.69, 9.17) is 11.6 Å². The van der Waals surface area contributed by atoms with Crippen molar-refractivity contribution in [3.8, 4) is 0 Å². The number of H-pyrrole nitrogens is 1. The predicted molar refractivity (Wildman–Crippen MR) is 89.1 cm³/mol. The van der Waals surface area contributed by atoms with Crippen LogP contribution in [0.4, 0.5) is 5.82 Å². The van der Waals surface area contributed by atoms with Crippen molar-refractivity contribution in [1.29, 1.82) is 0 Å². The third-order valence-electron chi connectivity index (χ3n) is 4.90. The normalized spacial score (nSPS) is 21.3. The van der Waals surface area contributed by atoms with Gasteiger partial charge in [0.05, 0.1) is 11.6 Å². The first-order valence-corrected chi connectivity index (χ1v) is 8.41. The van der Waals surface area contributed by atoms with E-state index in [9.17, 15) is 9.59 Å². The van der Waals surface area contributed by atoms with Gasteiger partial charge in [-0.15, -0.1) is 0 Å². The Balaban J connectivity index is 1.84. The Bertz CT molecular complexity index is 817. The van der Waals surface area contributed by atoms with Gasteiger partial charge < -0.3 is 5.32 Å². The minimum Gasteiger partial charge on any atom is -0.311 e. The van der Waals surface area contributed by atoms with Crippen LogP contribution in [0.15, 0.2) is 29.1 Å². The van der Waals surface area contributed by atoms with Crippen molar-refractivity contribution in [3.05, 3.63) is 50.8 Å². The van der Waals surface area contributed by atoms with Crippen molar-refractivity contribution in [2.24, 2.45) is 0 Å². The number of aromatic nitrogens is 2. The van der Waals surface area contributed by atoms with E-state index in [0.717, 1.165) is 31.2 Å². The van der Waals surface area contributed by atoms with Crippen LogP contribution in [0, 0.1) is 0 Å². The average molecular weight is 332 g/mol. The quantitative estimate of drug-likeness (QED) is 0.885. The van der Waals surface area contributed by atoms with Gasteiger partial charge in [0.1, 0.15) is 5.82 Å². The molecule has 5 nitrogen and oxygen atoms in total. The SMILES string of the molecule is O=C1CC(c2cccc(Cl)c2)c2c(n(C3CCCC3)[nH]c2=O)N1. The smallest absolute Gasteiger partial charge is 0.270 e. The first-order valence-electron chi connectivity index (χ1n) is 8.03. The summed E-state index contributed by atoms with van der Waals surface area (Å²) in [5.41, 5.74) is 1.44. The molecule has 1 unspecified atom stereocenters. The number of benzene rings is 1. The molecule has 1 aliphatic heterocycles. The minimum absolute atomic E-state index is 0.0618. The number of hydrogen-bond acceptors (Lipinski definition) is 2. The number of anilines is 1. The largest absolute Gasteiger partial charge is 0.311 e. The molecule has 1 amide bonds. The zero-order chi connectivity index (χ0) is 16.0. The van der Waals surface area contributed by atoms with E-state index < -0.39 is 0 Å². The fourth-order valence-electron chi connectivity index (χ4n) is 3.83. The highest BCUT2D eigenvalue weighted by atomic mass is 35.5. The van der Waals surface area contributed by atoms with Gasteiger partial charge in [-0.1, -0.05) is 36.6 Å². The molecular weight excluding hydrogens is 314 g/mol. The molecule has 2 aliphatic rings. The van der Waals surface area contributed by atoms with E-state index in [1.54, 1.807) is 6.07 Å². The first kappa shape index (κ1) is 14.6. The number of carbonyl (C=O) groups is 1. The number of carbonyl (C=O) groups excluding carboxylic acids is 1. The topological polar surface area (TPSA) is 66.9 Å². The summed E-state index contributed by atoms with van der Waals surface area (Å²) in [6, 6.07) is 7.67. The van der Waals surface area contributed by atoms with E-state index in [0.29, 0.717) is 16.4 Å². The van der Waals surface area contributed by atoms with Gasteiger partial charge in [0.2, 0.25) is 5.91 Å². The van der Waals surface area contributed by atoms with Gasteiger partial charge in [-0.3, -0.25) is 19.4 Å². The Labute approximate surface area is 138 Å². The molecule has 4 rings (SSSR count). The van der Waals surface area contributed by atoms with E-state index in [1.807, 2.05) is 22.9 Å². The zero-order valence-corrected chi connectivity index (χ0v) is 13.4. The van der Waals surface area contributed by atoms with Gasteiger partial charge in [0.25, 0.3) is 5.56 Å². The number of nitrogens with one attached hydrogen (secondary N) is 2. The lowest BCUT2D eigenvalue weighted by molar-refractivity contribution is -0.116. The highest BCUT2D eigenvalue weighted by Crippen LogP contribution is 2.39. The number of amides is 1. The van der Waals surface area contributed by atoms with Crippen LogP contribution in [0.5, 0.6) is 0 Å². The number of nitrogens with zero attached hydrogens (tertiary/aromatic N) is 1. The van der Waals surface area contributed by atoms with Crippen LogP contribution in [0.2, 0.25) is 5.02 Å². The highest BCUT2D eigenvalue weighted by Gasteiger charge is 2.34. The summed E-state index contributed by atoms with van der Waals surface area (Å²) >= 11 is 6.08. The molecule has 1 aromatic carbocycles. The Kier molecular flexibility index (Phi) is 3.53. The van der Waals surface area contributed by atoms with Gasteiger partial charge in [0, 0.05) is 17.4 Å². The molecule has 120 valence electrons. The standard InChI is InChI=1S/C17H18ClN3O2/c18-11-5-3-4-10(8-11)13-9-14(22)19-16-15(13)17(23)20-21(16)12-6-1-2-7-12/h3-5,8,12-13H,1-2,6-7,9H2,(H,19,22)(H,20,23). The summed E-state index contributed by atoms with van der Waals surface area (Å²) in [5, 5.41) is 6.46. The molecule has 2 aromatic rings. The molecule has 23 heavy (non-hydrogen) atoms. The Morgan fingerprint density at radius 2 is 1.96 bits per heavy atom. The number of aromatic amines is 1. The Hall–Kier alpha value is -2.01. The summed E-state index contributed by atoms with van der Waals surface area (Å²) in [5.74, 6) is 0.334. The fourth-order valence-corrected chi connectivity index (χ4v) is 4.03. The first-order chi connectivity index (χ1) is 11.1. The van der Waals surface area contributed by atoms with E-state index >= 15 is 0 Å². The van der Waals surface area contributed by atoms with Crippen molar-refractivity contribution < 1.29 is 4.79 Å². The second-order valence-corrected chi connectivity index (χ2v) is 6.81. The highest BCUT2D eigenvalue weighted by molar-refractivity contribution is 6.30. The van der Waals surface area contributed by atoms with E-state index in [-0.39, 0.29) is 29.8 Å². The Morgan fingerprint density at radius 1 is 1.17 bits per heavy atom. The number of halogens is 1. The number of rotatable bonds is 2. The maximum Gasteiger partial charge on any atom is 0.270 e. The van der Waals surface area contributed by atoms with Gasteiger partial charge in [0.15, 0.2) is 0 Å². The summed E-state index contributed by atoms with van der Waals surface area (Å²) in [6.07, 6.45) is 4.66. The molecular formula is C17H18ClN3O2. The van der Waals surface area contributed by atoms with Crippen molar-refractivity contribution in [2.75, 3.05) is 5.32 Å². The molecule has 0 spiro atoms. The summed E-state index contributed by atoms with van der Waals surface area (Å²) in [6.45, 7) is 0. The van der Waals surface area contributed by atoms with Crippen LogP contribution in [-0.4, -0.2) is 15.7 Å². The summed E-state index contributed by atoms with van der Waals surface area (Å²) in [4.78, 5) is 24.8. The zero-order valence-electron chi connectivity index (χ0n) is 12.6. The predicted octanol–water partition coefficient (Wildman–Crippen LogP) is 3.42. The van der Waals surface area contributed by atoms with Crippen LogP contribution in [0.25, 0.3) is 0 Å². The monoisotopic (exact) mass is 331 g/mol. The average Bonchev–Trinajstić information content (AvgIpc) is 3.15. The van der Waals surface area contributed by atoms with Gasteiger partial charge in [-0.25, -0.2) is 0 Å². The lowest BCUT2D eigenvalue weighted by Crippen LogP contribution is -2.27. The molecule has 2 heterocycles. The molecule has 1 saturated carbocycles. The van der Waals surface area contributed by atoms with E-state index in [1.165, 1.54) is 0 Å². The molecule has 0 radical (unpaired) electrons. The van der Waals surface area contributed by atoms with Crippen molar-refractivity contribution in [2.45, 2.75) is 44.1 Å². The van der Waals surface area contributed by atoms with Gasteiger partial charge in [-0.2, -0.15) is 0 Å². The fraction of sp³-hybridized carbons (Fsp3) is 0.412. The molecule has 1 atom stereocenters. The molecule has 1 aliphatic carbocycles. The third-order valence-corrected chi connectivity index (χ3v) is 5.13. The minimum atomic E-state index is -0.246. The second-order valence-electron chi connectivity index (χ2n) is 6.37. The lowest BCUT2D eigenvalue weighted by atomic mass is 9.87. The summed E-state index contributed by atoms with van der Waals surface area (Å²) < 4.78 is 1.87.